The van der Waals surface area contributed by atoms with Gasteiger partial charge in [0.15, 0.2) is 0 Å². The minimum atomic E-state index is -0.790. The molecule has 1 aromatic heterocycles. The molecular formula is C12H17NO3S. The molecule has 17 heavy (non-hydrogen) atoms. The first-order valence-corrected chi connectivity index (χ1v) is 6.54. The fraction of sp³-hybridized carbons (Fsp3) is 0.500. The number of unbranched alkanes of at least 4 members (excludes halogenated alkanes) is 1. The van der Waals surface area contributed by atoms with Gasteiger partial charge in [0.2, 0.25) is 0 Å². The summed E-state index contributed by atoms with van der Waals surface area (Å²) in [5.41, 5.74) is 0. The van der Waals surface area contributed by atoms with E-state index in [1.165, 1.54) is 16.2 Å². The van der Waals surface area contributed by atoms with E-state index >= 15 is 0 Å². The van der Waals surface area contributed by atoms with Crippen molar-refractivity contribution >= 4 is 23.2 Å². The van der Waals surface area contributed by atoms with E-state index in [2.05, 4.69) is 12.2 Å². The van der Waals surface area contributed by atoms with Crippen molar-refractivity contribution in [2.45, 2.75) is 32.6 Å². The van der Waals surface area contributed by atoms with Crippen LogP contribution in [-0.2, 0) is 11.2 Å². The second kappa shape index (κ2) is 7.06. The molecule has 5 heteroatoms. The number of carbonyl (C=O) groups excluding carboxylic acids is 1. The lowest BCUT2D eigenvalue weighted by molar-refractivity contribution is -0.137. The lowest BCUT2D eigenvalue weighted by Crippen LogP contribution is -2.23. The predicted octanol–water partition coefficient (Wildman–Crippen LogP) is 2.30. The summed E-state index contributed by atoms with van der Waals surface area (Å²) in [4.78, 5) is 23.8. The summed E-state index contributed by atoms with van der Waals surface area (Å²) in [7, 11) is 0. The van der Waals surface area contributed by atoms with Crippen molar-refractivity contribution in [1.29, 1.82) is 0 Å². The first-order valence-electron chi connectivity index (χ1n) is 5.72. The summed E-state index contributed by atoms with van der Waals surface area (Å²) in [6, 6.07) is 3.79. The molecule has 0 spiro atoms. The number of carboxylic acids is 1. The Hall–Kier alpha value is -1.36. The Morgan fingerprint density at radius 3 is 2.71 bits per heavy atom. The molecule has 2 N–H and O–H groups in total. The molecule has 0 unspecified atom stereocenters. The Bertz CT molecular complexity index is 387. The van der Waals surface area contributed by atoms with E-state index in [4.69, 9.17) is 5.11 Å². The van der Waals surface area contributed by atoms with Crippen LogP contribution < -0.4 is 5.32 Å². The monoisotopic (exact) mass is 255 g/mol. The Morgan fingerprint density at radius 2 is 2.12 bits per heavy atom. The number of hydrogen-bond acceptors (Lipinski definition) is 3. The van der Waals surface area contributed by atoms with Crippen molar-refractivity contribution in [3.05, 3.63) is 21.9 Å². The summed E-state index contributed by atoms with van der Waals surface area (Å²) < 4.78 is 0. The van der Waals surface area contributed by atoms with Crippen molar-refractivity contribution < 1.29 is 14.7 Å². The minimum absolute atomic E-state index is 0.0648. The van der Waals surface area contributed by atoms with Gasteiger partial charge in [-0.2, -0.15) is 0 Å². The van der Waals surface area contributed by atoms with Crippen LogP contribution in [0.2, 0.25) is 0 Å². The van der Waals surface area contributed by atoms with Crippen LogP contribution in [0.5, 0.6) is 0 Å². The van der Waals surface area contributed by atoms with Gasteiger partial charge in [0, 0.05) is 17.8 Å². The van der Waals surface area contributed by atoms with Gasteiger partial charge in [-0.15, -0.1) is 11.3 Å². The second-order valence-corrected chi connectivity index (χ2v) is 4.89. The fourth-order valence-electron chi connectivity index (χ4n) is 1.38. The number of hydrogen-bond donors (Lipinski definition) is 2. The third kappa shape index (κ3) is 4.99. The van der Waals surface area contributed by atoms with Gasteiger partial charge in [-0.3, -0.25) is 9.59 Å². The molecule has 1 rings (SSSR count). The van der Waals surface area contributed by atoms with Gasteiger partial charge in [0.1, 0.15) is 0 Å². The van der Waals surface area contributed by atoms with Crippen molar-refractivity contribution in [2.75, 3.05) is 6.54 Å². The number of aryl methyl sites for hydroxylation is 1. The van der Waals surface area contributed by atoms with E-state index in [1.54, 1.807) is 0 Å². The van der Waals surface area contributed by atoms with Crippen LogP contribution in [0, 0.1) is 0 Å². The average Bonchev–Trinajstić information content (AvgIpc) is 2.76. The highest BCUT2D eigenvalue weighted by Gasteiger charge is 2.07. The van der Waals surface area contributed by atoms with E-state index in [9.17, 15) is 9.59 Å². The summed E-state index contributed by atoms with van der Waals surface area (Å²) in [6.07, 6.45) is 2.40. The van der Waals surface area contributed by atoms with Crippen molar-refractivity contribution in [3.8, 4) is 0 Å². The van der Waals surface area contributed by atoms with Crippen LogP contribution in [0.4, 0.5) is 0 Å². The van der Waals surface area contributed by atoms with E-state index < -0.39 is 5.97 Å². The van der Waals surface area contributed by atoms with Gasteiger partial charge in [0.05, 0.1) is 4.88 Å². The van der Waals surface area contributed by atoms with E-state index in [-0.39, 0.29) is 12.3 Å². The molecule has 94 valence electrons. The average molecular weight is 255 g/mol. The Morgan fingerprint density at radius 1 is 1.35 bits per heavy atom. The fourth-order valence-corrected chi connectivity index (χ4v) is 2.24. The normalized spacial score (nSPS) is 10.2. The van der Waals surface area contributed by atoms with Crippen LogP contribution in [0.1, 0.15) is 40.7 Å². The number of thiophene rings is 1. The molecule has 1 aromatic rings. The number of rotatable bonds is 7. The quantitative estimate of drug-likeness (QED) is 0.735. The molecule has 4 nitrogen and oxygen atoms in total. The maximum atomic E-state index is 11.7. The first kappa shape index (κ1) is 13.7. The minimum Gasteiger partial charge on any atom is -0.481 e. The zero-order chi connectivity index (χ0) is 12.7. The summed E-state index contributed by atoms with van der Waals surface area (Å²) in [6.45, 7) is 2.59. The maximum Gasteiger partial charge on any atom is 0.303 e. The van der Waals surface area contributed by atoms with E-state index in [1.807, 2.05) is 12.1 Å². The zero-order valence-electron chi connectivity index (χ0n) is 9.86. The third-order valence-corrected chi connectivity index (χ3v) is 3.57. The lowest BCUT2D eigenvalue weighted by Gasteiger charge is -2.02. The van der Waals surface area contributed by atoms with Gasteiger partial charge in [-0.1, -0.05) is 6.92 Å². The first-order chi connectivity index (χ1) is 8.13. The van der Waals surface area contributed by atoms with Gasteiger partial charge in [0.25, 0.3) is 5.91 Å². The van der Waals surface area contributed by atoms with Crippen LogP contribution in [-0.4, -0.2) is 23.5 Å². The third-order valence-electron chi connectivity index (χ3n) is 2.34. The highest BCUT2D eigenvalue weighted by Crippen LogP contribution is 2.16. The second-order valence-electron chi connectivity index (χ2n) is 3.73. The van der Waals surface area contributed by atoms with Crippen molar-refractivity contribution in [2.24, 2.45) is 0 Å². The van der Waals surface area contributed by atoms with Crippen molar-refractivity contribution in [3.63, 3.8) is 0 Å². The molecule has 0 atom stereocenters. The van der Waals surface area contributed by atoms with Crippen LogP contribution in [0.3, 0.4) is 0 Å². The molecule has 0 aliphatic heterocycles. The maximum absolute atomic E-state index is 11.7. The van der Waals surface area contributed by atoms with Gasteiger partial charge >= 0.3 is 5.97 Å². The van der Waals surface area contributed by atoms with Gasteiger partial charge in [-0.05, 0) is 31.4 Å². The molecule has 0 bridgehead atoms. The molecule has 0 saturated carbocycles. The highest BCUT2D eigenvalue weighted by atomic mass is 32.1. The van der Waals surface area contributed by atoms with Crippen LogP contribution in [0.25, 0.3) is 0 Å². The molecule has 0 fully saturated rings. The van der Waals surface area contributed by atoms with Crippen molar-refractivity contribution in [1.82, 2.24) is 5.32 Å². The standard InChI is InChI=1S/C12H17NO3S/c1-2-9-6-7-10(17-9)12(16)13-8-4-3-5-11(14)15/h6-7H,2-5,8H2,1H3,(H,13,16)(H,14,15). The summed E-state index contributed by atoms with van der Waals surface area (Å²) in [5, 5.41) is 11.2. The SMILES string of the molecule is CCc1ccc(C(=O)NCCCCC(=O)O)s1. The summed E-state index contributed by atoms with van der Waals surface area (Å²) in [5.74, 6) is -0.854. The van der Waals surface area contributed by atoms with Crippen LogP contribution >= 0.6 is 11.3 Å². The van der Waals surface area contributed by atoms with Crippen LogP contribution in [0.15, 0.2) is 12.1 Å². The molecule has 1 amide bonds. The Kier molecular flexibility index (Phi) is 5.69. The molecule has 0 radical (unpaired) electrons. The molecule has 0 aliphatic carbocycles. The number of carboxylic acid groups (broad SMARTS) is 1. The number of nitrogens with one attached hydrogen (secondary N) is 1. The topological polar surface area (TPSA) is 66.4 Å². The Balaban J connectivity index is 2.23. The predicted molar refractivity (Wildman–Crippen MR) is 67.5 cm³/mol. The summed E-state index contributed by atoms with van der Waals surface area (Å²) >= 11 is 1.50. The lowest BCUT2D eigenvalue weighted by atomic mass is 10.2. The Labute approximate surface area is 105 Å². The molecule has 0 aromatic carbocycles. The number of aliphatic carboxylic acids is 1. The zero-order valence-corrected chi connectivity index (χ0v) is 10.7. The smallest absolute Gasteiger partial charge is 0.303 e. The molecule has 0 saturated heterocycles. The van der Waals surface area contributed by atoms with E-state index in [0.29, 0.717) is 19.4 Å². The molecule has 0 aliphatic rings. The van der Waals surface area contributed by atoms with Gasteiger partial charge in [-0.25, -0.2) is 0 Å². The van der Waals surface area contributed by atoms with E-state index in [0.717, 1.165) is 11.3 Å². The number of amides is 1. The molecule has 1 heterocycles. The van der Waals surface area contributed by atoms with Gasteiger partial charge < -0.3 is 10.4 Å². The highest BCUT2D eigenvalue weighted by molar-refractivity contribution is 7.14. The number of carbonyl (C=O) groups is 2. The largest absolute Gasteiger partial charge is 0.481 e. The molecular weight excluding hydrogens is 238 g/mol.